The van der Waals surface area contributed by atoms with E-state index in [4.69, 9.17) is 13.9 Å². The van der Waals surface area contributed by atoms with Gasteiger partial charge in [-0.2, -0.15) is 13.2 Å². The predicted molar refractivity (Wildman–Crippen MR) is 91.9 cm³/mol. The van der Waals surface area contributed by atoms with Crippen LogP contribution in [0.25, 0.3) is 17.0 Å². The van der Waals surface area contributed by atoms with Crippen LogP contribution in [-0.2, 0) is 6.18 Å². The van der Waals surface area contributed by atoms with E-state index >= 15 is 0 Å². The number of carbonyl (C=O) groups is 1. The number of carbonyl (C=O) groups excluding carboxylic acids is 1. The highest BCUT2D eigenvalue weighted by molar-refractivity contribution is 6.06. The van der Waals surface area contributed by atoms with Crippen molar-refractivity contribution in [1.29, 1.82) is 0 Å². The van der Waals surface area contributed by atoms with E-state index in [9.17, 15) is 18.0 Å². The van der Waals surface area contributed by atoms with Crippen molar-refractivity contribution in [3.05, 3.63) is 59.6 Å². The Morgan fingerprint density at radius 1 is 1.19 bits per heavy atom. The molecule has 3 rings (SSSR count). The molecule has 0 atom stereocenters. The van der Waals surface area contributed by atoms with Crippen LogP contribution in [0.15, 0.2) is 47.1 Å². The fourth-order valence-corrected chi connectivity index (χ4v) is 2.59. The third-order valence-electron chi connectivity index (χ3n) is 3.81. The van der Waals surface area contributed by atoms with Crippen LogP contribution in [0, 0.1) is 0 Å². The Labute approximate surface area is 152 Å². The second-order valence-corrected chi connectivity index (χ2v) is 5.47. The Kier molecular flexibility index (Phi) is 4.89. The molecule has 0 unspecified atom stereocenters. The summed E-state index contributed by atoms with van der Waals surface area (Å²) in [7, 11) is 2.93. The quantitative estimate of drug-likeness (QED) is 0.474. The first-order chi connectivity index (χ1) is 12.8. The van der Waals surface area contributed by atoms with Crippen LogP contribution in [0.3, 0.4) is 0 Å². The largest absolute Gasteiger partial charge is 0.495 e. The average molecular weight is 377 g/mol. The number of benzene rings is 1. The summed E-state index contributed by atoms with van der Waals surface area (Å²) >= 11 is 0. The minimum atomic E-state index is -4.62. The highest BCUT2D eigenvalue weighted by Crippen LogP contribution is 2.38. The molecular formula is C19H14F3NO4. The normalized spacial score (nSPS) is 11.9. The number of rotatable bonds is 5. The highest BCUT2D eigenvalue weighted by Gasteiger charge is 2.32. The number of methoxy groups -OCH3 is 2. The molecule has 0 saturated heterocycles. The Balaban J connectivity index is 1.97. The van der Waals surface area contributed by atoms with E-state index in [0.717, 1.165) is 18.2 Å². The molecule has 2 heterocycles. The van der Waals surface area contributed by atoms with Crippen LogP contribution >= 0.6 is 0 Å². The third-order valence-corrected chi connectivity index (χ3v) is 3.81. The van der Waals surface area contributed by atoms with Crippen LogP contribution in [0.2, 0.25) is 0 Å². The van der Waals surface area contributed by atoms with Crippen molar-refractivity contribution in [2.24, 2.45) is 0 Å². The molecule has 0 amide bonds. The first-order valence-corrected chi connectivity index (χ1v) is 7.74. The fraction of sp³-hybridized carbons (Fsp3) is 0.158. The molecule has 140 valence electrons. The number of aromatic nitrogens is 1. The first-order valence-electron chi connectivity index (χ1n) is 7.74. The number of ether oxygens (including phenoxy) is 2. The van der Waals surface area contributed by atoms with E-state index in [1.807, 2.05) is 0 Å². The number of allylic oxidation sites excluding steroid dienone is 1. The molecule has 0 aliphatic rings. The Bertz CT molecular complexity index is 1020. The predicted octanol–water partition coefficient (Wildman–Crippen LogP) is 4.76. The van der Waals surface area contributed by atoms with Gasteiger partial charge in [0.1, 0.15) is 17.1 Å². The number of hydrogen-bond donors (Lipinski definition) is 0. The topological polar surface area (TPSA) is 61.6 Å². The van der Waals surface area contributed by atoms with E-state index in [2.05, 4.69) is 4.98 Å². The summed E-state index contributed by atoms with van der Waals surface area (Å²) in [4.78, 5) is 15.6. The van der Waals surface area contributed by atoms with Crippen LogP contribution in [-0.4, -0.2) is 25.0 Å². The monoisotopic (exact) mass is 377 g/mol. The van der Waals surface area contributed by atoms with Crippen molar-refractivity contribution in [3.63, 3.8) is 0 Å². The molecule has 0 aliphatic carbocycles. The molecule has 2 aromatic heterocycles. The number of ketones is 1. The average Bonchev–Trinajstić information content (AvgIpc) is 3.14. The van der Waals surface area contributed by atoms with Crippen LogP contribution in [0.5, 0.6) is 11.5 Å². The van der Waals surface area contributed by atoms with Gasteiger partial charge in [0.2, 0.25) is 5.78 Å². The molecule has 0 spiro atoms. The number of nitrogens with zero attached hydrogens (tertiary/aromatic N) is 1. The zero-order valence-electron chi connectivity index (χ0n) is 14.3. The van der Waals surface area contributed by atoms with Gasteiger partial charge in [-0.1, -0.05) is 6.07 Å². The molecule has 27 heavy (non-hydrogen) atoms. The van der Waals surface area contributed by atoms with E-state index in [1.54, 1.807) is 12.1 Å². The van der Waals surface area contributed by atoms with Gasteiger partial charge in [0.05, 0.1) is 25.9 Å². The van der Waals surface area contributed by atoms with Crippen molar-refractivity contribution < 1.29 is 31.9 Å². The molecule has 5 nitrogen and oxygen atoms in total. The number of pyridine rings is 1. The lowest BCUT2D eigenvalue weighted by Gasteiger charge is -2.09. The lowest BCUT2D eigenvalue weighted by Crippen LogP contribution is -2.10. The first kappa shape index (κ1) is 18.5. The van der Waals surface area contributed by atoms with Gasteiger partial charge in [-0.05, 0) is 36.4 Å². The molecular weight excluding hydrogens is 363 g/mol. The van der Waals surface area contributed by atoms with E-state index in [0.29, 0.717) is 28.0 Å². The summed E-state index contributed by atoms with van der Waals surface area (Å²) < 4.78 is 54.3. The lowest BCUT2D eigenvalue weighted by atomic mass is 10.1. The van der Waals surface area contributed by atoms with Gasteiger partial charge in [0.15, 0.2) is 11.3 Å². The number of fused-ring (bicyclic) bond motifs is 1. The maximum atomic E-state index is 12.8. The minimum Gasteiger partial charge on any atom is -0.495 e. The Hall–Kier alpha value is -3.29. The molecule has 0 saturated carbocycles. The summed E-state index contributed by atoms with van der Waals surface area (Å²) in [5, 5.41) is 0.640. The van der Waals surface area contributed by atoms with E-state index < -0.39 is 17.7 Å². The third kappa shape index (κ3) is 3.64. The number of halogens is 3. The summed E-state index contributed by atoms with van der Waals surface area (Å²) in [6.07, 6.45) is -0.590. The number of furan rings is 1. The summed E-state index contributed by atoms with van der Waals surface area (Å²) in [5.74, 6) is 0.204. The Morgan fingerprint density at radius 3 is 2.63 bits per heavy atom. The lowest BCUT2D eigenvalue weighted by molar-refractivity contribution is -0.141. The van der Waals surface area contributed by atoms with Gasteiger partial charge in [-0.25, -0.2) is 4.98 Å². The van der Waals surface area contributed by atoms with Crippen LogP contribution in [0.4, 0.5) is 13.2 Å². The maximum Gasteiger partial charge on any atom is 0.433 e. The second-order valence-electron chi connectivity index (χ2n) is 5.47. The molecule has 1 aromatic carbocycles. The van der Waals surface area contributed by atoms with Crippen LogP contribution < -0.4 is 9.47 Å². The second kappa shape index (κ2) is 7.14. The molecule has 8 heteroatoms. The highest BCUT2D eigenvalue weighted by atomic mass is 19.4. The summed E-state index contributed by atoms with van der Waals surface area (Å²) in [6, 6.07) is 6.45. The van der Waals surface area contributed by atoms with Gasteiger partial charge < -0.3 is 13.9 Å². The zero-order valence-corrected chi connectivity index (χ0v) is 14.3. The molecule has 0 fully saturated rings. The standard InChI is InChI=1S/C19H14F3NO4/c1-25-15-10-11(17(26-2)12-8-9-27-18(12)15)6-7-14(24)13-4-3-5-16(23-13)19(20,21)22/h3-10H,1-2H3/b7-6+. The molecule has 0 bridgehead atoms. The minimum absolute atomic E-state index is 0.309. The van der Waals surface area contributed by atoms with Gasteiger partial charge in [-0.15, -0.1) is 0 Å². The summed E-state index contributed by atoms with van der Waals surface area (Å²) in [6.45, 7) is 0. The number of hydrogen-bond acceptors (Lipinski definition) is 5. The Morgan fingerprint density at radius 2 is 1.96 bits per heavy atom. The van der Waals surface area contributed by atoms with Crippen molar-refractivity contribution in [1.82, 2.24) is 4.98 Å². The van der Waals surface area contributed by atoms with Gasteiger partial charge in [-0.3, -0.25) is 4.79 Å². The van der Waals surface area contributed by atoms with Gasteiger partial charge in [0.25, 0.3) is 0 Å². The van der Waals surface area contributed by atoms with E-state index in [-0.39, 0.29) is 5.69 Å². The van der Waals surface area contributed by atoms with E-state index in [1.165, 1.54) is 32.6 Å². The molecule has 3 aromatic rings. The molecule has 0 radical (unpaired) electrons. The maximum absolute atomic E-state index is 12.8. The van der Waals surface area contributed by atoms with Crippen molar-refractivity contribution in [3.8, 4) is 11.5 Å². The van der Waals surface area contributed by atoms with Crippen molar-refractivity contribution in [2.45, 2.75) is 6.18 Å². The molecule has 0 aliphatic heterocycles. The van der Waals surface area contributed by atoms with Crippen molar-refractivity contribution >= 4 is 22.8 Å². The number of alkyl halides is 3. The van der Waals surface area contributed by atoms with Gasteiger partial charge >= 0.3 is 6.18 Å². The van der Waals surface area contributed by atoms with Gasteiger partial charge in [0, 0.05) is 5.56 Å². The SMILES string of the molecule is COc1c(/C=C/C(=O)c2cccc(C(F)(F)F)n2)cc(OC)c2occc12. The zero-order chi connectivity index (χ0) is 19.6. The van der Waals surface area contributed by atoms with Crippen molar-refractivity contribution in [2.75, 3.05) is 14.2 Å². The summed E-state index contributed by atoms with van der Waals surface area (Å²) in [5.41, 5.74) is -0.446. The fourth-order valence-electron chi connectivity index (χ4n) is 2.59. The van der Waals surface area contributed by atoms with Crippen LogP contribution in [0.1, 0.15) is 21.7 Å². The smallest absolute Gasteiger partial charge is 0.433 e. The molecule has 0 N–H and O–H groups in total.